The van der Waals surface area contributed by atoms with Gasteiger partial charge in [0.05, 0.1) is 24.8 Å². The number of ether oxygens (including phenoxy) is 1. The fourth-order valence-electron chi connectivity index (χ4n) is 1.21. The normalized spacial score (nSPS) is 11.3. The maximum absolute atomic E-state index is 11.9. The van der Waals surface area contributed by atoms with Gasteiger partial charge in [0, 0.05) is 19.3 Å². The van der Waals surface area contributed by atoms with Gasteiger partial charge in [0.15, 0.2) is 0 Å². The summed E-state index contributed by atoms with van der Waals surface area (Å²) in [5.41, 5.74) is 0.862. The molecule has 1 rings (SSSR count). The summed E-state index contributed by atoms with van der Waals surface area (Å²) >= 11 is 0. The van der Waals surface area contributed by atoms with Crippen LogP contribution in [0.25, 0.3) is 0 Å². The third-order valence-corrected chi connectivity index (χ3v) is 2.14. The molecule has 0 saturated carbocycles. The zero-order valence-corrected chi connectivity index (χ0v) is 9.75. The van der Waals surface area contributed by atoms with Crippen molar-refractivity contribution in [2.75, 3.05) is 13.7 Å². The number of nitrogens with one attached hydrogen (secondary N) is 1. The lowest BCUT2D eigenvalue weighted by Crippen LogP contribution is -2.21. The molecule has 0 amide bonds. The zero-order chi connectivity index (χ0) is 13.6. The van der Waals surface area contributed by atoms with Gasteiger partial charge in [-0.05, 0) is 12.1 Å². The summed E-state index contributed by atoms with van der Waals surface area (Å²) in [4.78, 5) is 15.0. The largest absolute Gasteiger partial charge is 0.465 e. The average molecular weight is 262 g/mol. The van der Waals surface area contributed by atoms with Gasteiger partial charge in [-0.2, -0.15) is 13.2 Å². The van der Waals surface area contributed by atoms with Crippen LogP contribution in [0.5, 0.6) is 0 Å². The topological polar surface area (TPSA) is 51.2 Å². The summed E-state index contributed by atoms with van der Waals surface area (Å²) in [5.74, 6) is -0.501. The highest BCUT2D eigenvalue weighted by molar-refractivity contribution is 5.88. The lowest BCUT2D eigenvalue weighted by Gasteiger charge is -2.07. The molecule has 100 valence electrons. The first-order chi connectivity index (χ1) is 8.42. The molecule has 0 unspecified atom stereocenters. The Balaban J connectivity index is 2.38. The van der Waals surface area contributed by atoms with Crippen molar-refractivity contribution in [3.63, 3.8) is 0 Å². The second-order valence-corrected chi connectivity index (χ2v) is 3.57. The van der Waals surface area contributed by atoms with Crippen LogP contribution < -0.4 is 5.32 Å². The van der Waals surface area contributed by atoms with E-state index in [0.717, 1.165) is 0 Å². The number of hydrogen-bond donors (Lipinski definition) is 1. The Bertz CT molecular complexity index is 390. The van der Waals surface area contributed by atoms with Gasteiger partial charge >= 0.3 is 12.1 Å². The number of esters is 1. The summed E-state index contributed by atoms with van der Waals surface area (Å²) in [6.45, 7) is 0.0570. The minimum Gasteiger partial charge on any atom is -0.465 e. The first-order valence-corrected chi connectivity index (χ1v) is 5.23. The van der Waals surface area contributed by atoms with Gasteiger partial charge in [-0.3, -0.25) is 4.98 Å². The second-order valence-electron chi connectivity index (χ2n) is 3.57. The first kappa shape index (κ1) is 14.4. The Morgan fingerprint density at radius 3 is 2.67 bits per heavy atom. The molecule has 1 heterocycles. The van der Waals surface area contributed by atoms with E-state index in [9.17, 15) is 18.0 Å². The summed E-state index contributed by atoms with van der Waals surface area (Å²) < 4.78 is 40.1. The van der Waals surface area contributed by atoms with E-state index in [-0.39, 0.29) is 13.1 Å². The summed E-state index contributed by atoms with van der Waals surface area (Å²) in [6.07, 6.45) is -3.71. The number of rotatable bonds is 5. The van der Waals surface area contributed by atoms with Crippen molar-refractivity contribution < 1.29 is 22.7 Å². The van der Waals surface area contributed by atoms with E-state index in [2.05, 4.69) is 15.0 Å². The molecule has 0 radical (unpaired) electrons. The van der Waals surface area contributed by atoms with Crippen molar-refractivity contribution >= 4 is 5.97 Å². The Kier molecular flexibility index (Phi) is 5.08. The van der Waals surface area contributed by atoms with Gasteiger partial charge in [0.25, 0.3) is 0 Å². The molecule has 0 aliphatic rings. The number of pyridine rings is 1. The maximum atomic E-state index is 11.9. The number of aromatic nitrogens is 1. The number of carbonyl (C=O) groups is 1. The molecule has 18 heavy (non-hydrogen) atoms. The molecule has 7 heteroatoms. The van der Waals surface area contributed by atoms with Crippen molar-refractivity contribution in [3.05, 3.63) is 29.6 Å². The number of halogens is 3. The number of methoxy groups -OCH3 is 1. The van der Waals surface area contributed by atoms with E-state index in [4.69, 9.17) is 0 Å². The monoisotopic (exact) mass is 262 g/mol. The molecule has 0 aliphatic heterocycles. The summed E-state index contributed by atoms with van der Waals surface area (Å²) in [5, 5.41) is 2.62. The molecule has 1 N–H and O–H groups in total. The third-order valence-electron chi connectivity index (χ3n) is 2.14. The quantitative estimate of drug-likeness (QED) is 0.650. The molecule has 1 aromatic rings. The molecule has 0 bridgehead atoms. The van der Waals surface area contributed by atoms with Crippen LogP contribution in [0.4, 0.5) is 13.2 Å². The highest BCUT2D eigenvalue weighted by atomic mass is 19.4. The predicted octanol–water partition coefficient (Wildman–Crippen LogP) is 1.91. The van der Waals surface area contributed by atoms with Gasteiger partial charge in [-0.15, -0.1) is 0 Å². The number of carbonyl (C=O) groups excluding carboxylic acids is 1. The molecule has 0 saturated heterocycles. The van der Waals surface area contributed by atoms with Gasteiger partial charge in [0.2, 0.25) is 0 Å². The highest BCUT2D eigenvalue weighted by Crippen LogP contribution is 2.18. The first-order valence-electron chi connectivity index (χ1n) is 5.23. The van der Waals surface area contributed by atoms with E-state index >= 15 is 0 Å². The molecule has 4 nitrogen and oxygen atoms in total. The second kappa shape index (κ2) is 6.34. The van der Waals surface area contributed by atoms with Crippen LogP contribution in [0.1, 0.15) is 22.5 Å². The van der Waals surface area contributed by atoms with E-state index in [1.165, 1.54) is 19.4 Å². The standard InChI is InChI=1S/C11H13F3N2O2/c1-18-10(17)8-2-3-9(16-6-8)7-15-5-4-11(12,13)14/h2-3,6,15H,4-5,7H2,1H3. The third kappa shape index (κ3) is 5.13. The number of nitrogens with zero attached hydrogens (tertiary/aromatic N) is 1. The van der Waals surface area contributed by atoms with Crippen LogP contribution in [0.15, 0.2) is 18.3 Å². The molecule has 1 aromatic heterocycles. The van der Waals surface area contributed by atoms with Crippen molar-refractivity contribution in [2.45, 2.75) is 19.1 Å². The molecular formula is C11H13F3N2O2. The Morgan fingerprint density at radius 2 is 2.17 bits per heavy atom. The average Bonchev–Trinajstić information content (AvgIpc) is 2.33. The molecule has 0 spiro atoms. The van der Waals surface area contributed by atoms with Crippen LogP contribution in [0.2, 0.25) is 0 Å². The number of alkyl halides is 3. The summed E-state index contributed by atoms with van der Waals surface area (Å²) in [6, 6.07) is 3.08. The predicted molar refractivity (Wildman–Crippen MR) is 58.0 cm³/mol. The SMILES string of the molecule is COC(=O)c1ccc(CNCCC(F)(F)F)nc1. The van der Waals surface area contributed by atoms with Crippen LogP contribution in [0, 0.1) is 0 Å². The summed E-state index contributed by atoms with van der Waals surface area (Å²) in [7, 11) is 1.26. The fraction of sp³-hybridized carbons (Fsp3) is 0.455. The van der Waals surface area contributed by atoms with Crippen LogP contribution in [0.3, 0.4) is 0 Å². The van der Waals surface area contributed by atoms with Crippen molar-refractivity contribution in [1.29, 1.82) is 0 Å². The number of hydrogen-bond acceptors (Lipinski definition) is 4. The van der Waals surface area contributed by atoms with Crippen molar-refractivity contribution in [1.82, 2.24) is 10.3 Å². The molecule has 0 atom stereocenters. The van der Waals surface area contributed by atoms with Crippen LogP contribution in [-0.2, 0) is 11.3 Å². The van der Waals surface area contributed by atoms with E-state index < -0.39 is 18.6 Å². The maximum Gasteiger partial charge on any atom is 0.390 e. The lowest BCUT2D eigenvalue weighted by molar-refractivity contribution is -0.133. The smallest absolute Gasteiger partial charge is 0.390 e. The van der Waals surface area contributed by atoms with Crippen molar-refractivity contribution in [2.24, 2.45) is 0 Å². The molecule has 0 aromatic carbocycles. The Labute approximate surface area is 102 Å². The van der Waals surface area contributed by atoms with E-state index in [0.29, 0.717) is 11.3 Å². The van der Waals surface area contributed by atoms with Crippen LogP contribution in [-0.4, -0.2) is 30.8 Å². The van der Waals surface area contributed by atoms with Gasteiger partial charge in [0.1, 0.15) is 0 Å². The molecule has 0 aliphatic carbocycles. The highest BCUT2D eigenvalue weighted by Gasteiger charge is 2.25. The van der Waals surface area contributed by atoms with Crippen molar-refractivity contribution in [3.8, 4) is 0 Å². The Hall–Kier alpha value is -1.63. The van der Waals surface area contributed by atoms with Gasteiger partial charge in [-0.1, -0.05) is 0 Å². The van der Waals surface area contributed by atoms with E-state index in [1.54, 1.807) is 6.07 Å². The molecular weight excluding hydrogens is 249 g/mol. The fourth-order valence-corrected chi connectivity index (χ4v) is 1.21. The van der Waals surface area contributed by atoms with E-state index in [1.807, 2.05) is 0 Å². The zero-order valence-electron chi connectivity index (χ0n) is 9.75. The van der Waals surface area contributed by atoms with Gasteiger partial charge < -0.3 is 10.1 Å². The minimum absolute atomic E-state index is 0.163. The molecule has 0 fully saturated rings. The lowest BCUT2D eigenvalue weighted by atomic mass is 10.2. The Morgan fingerprint density at radius 1 is 1.44 bits per heavy atom. The van der Waals surface area contributed by atoms with Crippen LogP contribution >= 0.6 is 0 Å². The minimum atomic E-state index is -4.16. The van der Waals surface area contributed by atoms with Gasteiger partial charge in [-0.25, -0.2) is 4.79 Å².